The van der Waals surface area contributed by atoms with Gasteiger partial charge in [-0.25, -0.2) is 23.4 Å². The molecule has 1 saturated heterocycles. The van der Waals surface area contributed by atoms with E-state index in [0.717, 1.165) is 23.0 Å². The van der Waals surface area contributed by atoms with Crippen LogP contribution in [0.2, 0.25) is 0 Å². The van der Waals surface area contributed by atoms with E-state index in [0.29, 0.717) is 37.6 Å². The molecule has 0 spiro atoms. The van der Waals surface area contributed by atoms with Gasteiger partial charge in [0.05, 0.1) is 10.6 Å². The van der Waals surface area contributed by atoms with Crippen molar-refractivity contribution in [3.05, 3.63) is 59.4 Å². The first-order valence-electron chi connectivity index (χ1n) is 10.4. The largest absolute Gasteiger partial charge is 0.354 e. The average Bonchev–Trinajstić information content (AvgIpc) is 3.12. The molecule has 1 aromatic carbocycles. The second-order valence-corrected chi connectivity index (χ2v) is 9.83. The molecule has 4 rings (SSSR count). The maximum absolute atomic E-state index is 13.1. The summed E-state index contributed by atoms with van der Waals surface area (Å²) in [6.07, 6.45) is 1.75. The number of Topliss-reactive ketones (excluding diaryl/α,β-unsaturated/α-hetero) is 1. The van der Waals surface area contributed by atoms with Crippen molar-refractivity contribution in [2.45, 2.75) is 32.6 Å². The van der Waals surface area contributed by atoms with Gasteiger partial charge in [0.15, 0.2) is 5.78 Å². The zero-order valence-corrected chi connectivity index (χ0v) is 19.4. The van der Waals surface area contributed by atoms with Gasteiger partial charge in [-0.15, -0.1) is 0 Å². The molecule has 0 unspecified atom stereocenters. The van der Waals surface area contributed by atoms with E-state index in [-0.39, 0.29) is 10.7 Å². The molecule has 3 aromatic rings. The number of imidazole rings is 1. The third kappa shape index (κ3) is 4.15. The van der Waals surface area contributed by atoms with Crippen LogP contribution in [0.1, 0.15) is 34.5 Å². The monoisotopic (exact) mass is 454 g/mol. The van der Waals surface area contributed by atoms with Crippen LogP contribution in [0.5, 0.6) is 0 Å². The molecule has 0 bridgehead atoms. The van der Waals surface area contributed by atoms with Crippen LogP contribution < -0.4 is 4.90 Å². The van der Waals surface area contributed by atoms with E-state index in [1.807, 2.05) is 31.4 Å². The van der Waals surface area contributed by atoms with Crippen LogP contribution in [-0.4, -0.2) is 64.2 Å². The average molecular weight is 455 g/mol. The summed E-state index contributed by atoms with van der Waals surface area (Å²) in [5, 5.41) is 0. The van der Waals surface area contributed by atoms with Crippen LogP contribution >= 0.6 is 0 Å². The summed E-state index contributed by atoms with van der Waals surface area (Å²) in [4.78, 5) is 27.3. The first kappa shape index (κ1) is 22.1. The maximum Gasteiger partial charge on any atom is 0.243 e. The molecule has 2 aromatic heterocycles. The van der Waals surface area contributed by atoms with Crippen molar-refractivity contribution >= 4 is 21.6 Å². The Kier molecular flexibility index (Phi) is 5.83. The minimum atomic E-state index is -3.68. The van der Waals surface area contributed by atoms with Crippen LogP contribution in [0.15, 0.2) is 41.6 Å². The molecular weight excluding hydrogens is 428 g/mol. The van der Waals surface area contributed by atoms with Crippen LogP contribution in [0.3, 0.4) is 0 Å². The van der Waals surface area contributed by atoms with Crippen molar-refractivity contribution < 1.29 is 13.2 Å². The number of sulfonamides is 1. The standard InChI is InChI=1S/C22H26N6O3S/c1-15-16(2)28(14-23-15)22-13-21(24-18(4)25-22)26-8-10-27(11-9-26)32(30,31)20-7-5-6-19(12-20)17(3)29/h5-7,12-14H,8-11H2,1-4H3. The van der Waals surface area contributed by atoms with Gasteiger partial charge in [-0.3, -0.25) is 9.36 Å². The number of piperazine rings is 1. The van der Waals surface area contributed by atoms with E-state index in [9.17, 15) is 13.2 Å². The highest BCUT2D eigenvalue weighted by molar-refractivity contribution is 7.89. The molecule has 0 saturated carbocycles. The van der Waals surface area contributed by atoms with Gasteiger partial charge in [0.1, 0.15) is 23.8 Å². The van der Waals surface area contributed by atoms with Crippen molar-refractivity contribution in [1.29, 1.82) is 0 Å². The van der Waals surface area contributed by atoms with E-state index in [1.165, 1.54) is 23.4 Å². The minimum Gasteiger partial charge on any atom is -0.354 e. The lowest BCUT2D eigenvalue weighted by atomic mass is 10.2. The van der Waals surface area contributed by atoms with Gasteiger partial charge in [-0.05, 0) is 39.8 Å². The molecule has 10 heteroatoms. The minimum absolute atomic E-state index is 0.143. The molecule has 0 atom stereocenters. The number of carbonyl (C=O) groups is 1. The molecule has 0 amide bonds. The molecule has 1 fully saturated rings. The lowest BCUT2D eigenvalue weighted by Gasteiger charge is -2.34. The van der Waals surface area contributed by atoms with Crippen LogP contribution in [0, 0.1) is 20.8 Å². The van der Waals surface area contributed by atoms with Crippen molar-refractivity contribution in [3.63, 3.8) is 0 Å². The summed E-state index contributed by atoms with van der Waals surface area (Å²) in [6, 6.07) is 8.10. The fraction of sp³-hybridized carbons (Fsp3) is 0.364. The molecule has 32 heavy (non-hydrogen) atoms. The maximum atomic E-state index is 13.1. The zero-order valence-electron chi connectivity index (χ0n) is 18.6. The molecule has 3 heterocycles. The third-order valence-corrected chi connectivity index (χ3v) is 7.65. The normalized spacial score (nSPS) is 15.2. The predicted molar refractivity (Wildman–Crippen MR) is 121 cm³/mol. The highest BCUT2D eigenvalue weighted by Crippen LogP contribution is 2.23. The Morgan fingerprint density at radius 2 is 1.66 bits per heavy atom. The van der Waals surface area contributed by atoms with Crippen LogP contribution in [0.25, 0.3) is 5.82 Å². The van der Waals surface area contributed by atoms with Gasteiger partial charge in [0.25, 0.3) is 0 Å². The topological polar surface area (TPSA) is 101 Å². The predicted octanol–water partition coefficient (Wildman–Crippen LogP) is 2.30. The summed E-state index contributed by atoms with van der Waals surface area (Å²) in [5.74, 6) is 1.97. The Balaban J connectivity index is 1.53. The molecule has 0 aliphatic carbocycles. The van der Waals surface area contributed by atoms with E-state index >= 15 is 0 Å². The van der Waals surface area contributed by atoms with Gasteiger partial charge in [0, 0.05) is 43.5 Å². The number of carbonyl (C=O) groups excluding carboxylic acids is 1. The fourth-order valence-corrected chi connectivity index (χ4v) is 5.20. The summed E-state index contributed by atoms with van der Waals surface area (Å²) in [7, 11) is -3.68. The zero-order chi connectivity index (χ0) is 23.0. The highest BCUT2D eigenvalue weighted by Gasteiger charge is 2.29. The number of ketones is 1. The third-order valence-electron chi connectivity index (χ3n) is 5.75. The second kappa shape index (κ2) is 8.44. The number of anilines is 1. The smallest absolute Gasteiger partial charge is 0.243 e. The summed E-state index contributed by atoms with van der Waals surface area (Å²) >= 11 is 0. The molecule has 9 nitrogen and oxygen atoms in total. The Hall–Kier alpha value is -3.11. The molecule has 1 aliphatic rings. The lowest BCUT2D eigenvalue weighted by Crippen LogP contribution is -2.49. The molecule has 1 aliphatic heterocycles. The van der Waals surface area contributed by atoms with Gasteiger partial charge in [-0.2, -0.15) is 4.31 Å². The van der Waals surface area contributed by atoms with Gasteiger partial charge in [0.2, 0.25) is 10.0 Å². The number of hydrogen-bond donors (Lipinski definition) is 0. The molecular formula is C22H26N6O3S. The quantitative estimate of drug-likeness (QED) is 0.545. The Labute approximate surface area is 187 Å². The number of nitrogens with zero attached hydrogens (tertiary/aromatic N) is 6. The first-order chi connectivity index (χ1) is 15.2. The summed E-state index contributed by atoms with van der Waals surface area (Å²) in [6.45, 7) is 8.87. The van der Waals surface area contributed by atoms with Crippen molar-refractivity contribution in [3.8, 4) is 5.82 Å². The fourth-order valence-electron chi connectivity index (χ4n) is 3.73. The number of benzene rings is 1. The molecule has 168 valence electrons. The van der Waals surface area contributed by atoms with Gasteiger partial charge < -0.3 is 4.90 Å². The van der Waals surface area contributed by atoms with Gasteiger partial charge >= 0.3 is 0 Å². The lowest BCUT2D eigenvalue weighted by molar-refractivity contribution is 0.101. The summed E-state index contributed by atoms with van der Waals surface area (Å²) < 4.78 is 29.6. The van der Waals surface area contributed by atoms with Crippen molar-refractivity contribution in [2.24, 2.45) is 0 Å². The first-order valence-corrected chi connectivity index (χ1v) is 11.8. The number of hydrogen-bond acceptors (Lipinski definition) is 7. The number of aryl methyl sites for hydroxylation is 2. The van der Waals surface area contributed by atoms with Crippen LogP contribution in [-0.2, 0) is 10.0 Å². The van der Waals surface area contributed by atoms with Crippen molar-refractivity contribution in [1.82, 2.24) is 23.8 Å². The second-order valence-electron chi connectivity index (χ2n) is 7.89. The van der Waals surface area contributed by atoms with E-state index in [1.54, 1.807) is 18.5 Å². The Morgan fingerprint density at radius 1 is 0.969 bits per heavy atom. The Bertz CT molecular complexity index is 1280. The van der Waals surface area contributed by atoms with Crippen molar-refractivity contribution in [2.75, 3.05) is 31.1 Å². The SMILES string of the molecule is CC(=O)c1cccc(S(=O)(=O)N2CCN(c3cc(-n4cnc(C)c4C)nc(C)n3)CC2)c1. The molecule has 0 N–H and O–H groups in total. The van der Waals surface area contributed by atoms with E-state index in [4.69, 9.17) is 0 Å². The number of aromatic nitrogens is 4. The van der Waals surface area contributed by atoms with E-state index in [2.05, 4.69) is 19.9 Å². The van der Waals surface area contributed by atoms with Crippen LogP contribution in [0.4, 0.5) is 5.82 Å². The Morgan fingerprint density at radius 3 is 2.28 bits per heavy atom. The number of rotatable bonds is 5. The highest BCUT2D eigenvalue weighted by atomic mass is 32.2. The molecule has 0 radical (unpaired) electrons. The summed E-state index contributed by atoms with van der Waals surface area (Å²) in [5.41, 5.74) is 2.34. The van der Waals surface area contributed by atoms with Gasteiger partial charge in [-0.1, -0.05) is 12.1 Å². The van der Waals surface area contributed by atoms with E-state index < -0.39 is 10.0 Å².